The molecule has 0 bridgehead atoms. The van der Waals surface area contributed by atoms with Gasteiger partial charge >= 0.3 is 0 Å². The normalized spacial score (nSPS) is 24.6. The quantitative estimate of drug-likeness (QED) is 0.793. The van der Waals surface area contributed by atoms with Crippen molar-refractivity contribution in [2.24, 2.45) is 0 Å². The molecule has 1 aromatic carbocycles. The van der Waals surface area contributed by atoms with Crippen molar-refractivity contribution >= 4 is 15.7 Å². The van der Waals surface area contributed by atoms with Gasteiger partial charge < -0.3 is 4.90 Å². The molecule has 27 heavy (non-hydrogen) atoms. The molecule has 2 aliphatic rings. The molecule has 6 nitrogen and oxygen atoms in total. The van der Waals surface area contributed by atoms with E-state index in [2.05, 4.69) is 4.98 Å². The molecule has 0 aliphatic carbocycles. The zero-order valence-corrected chi connectivity index (χ0v) is 15.5. The number of aromatic nitrogens is 1. The number of hydrogen-bond donors (Lipinski definition) is 0. The minimum absolute atomic E-state index is 0.0129. The minimum atomic E-state index is -3.24. The molecule has 0 spiro atoms. The molecule has 2 saturated heterocycles. The maximum atomic E-state index is 13.5. The van der Waals surface area contributed by atoms with Crippen LogP contribution in [-0.2, 0) is 16.4 Å². The number of carbonyl (C=O) groups excluding carboxylic acids is 1. The third-order valence-corrected chi connectivity index (χ3v) is 6.91. The predicted octanol–water partition coefficient (Wildman–Crippen LogP) is 1.34. The Bertz CT molecular complexity index is 952. The third-order valence-electron chi connectivity index (χ3n) is 5.21. The largest absolute Gasteiger partial charge is 0.330 e. The van der Waals surface area contributed by atoms with Crippen LogP contribution in [0, 0.1) is 5.82 Å². The van der Waals surface area contributed by atoms with E-state index in [1.165, 1.54) is 12.1 Å². The summed E-state index contributed by atoms with van der Waals surface area (Å²) in [7, 11) is -3.24. The lowest BCUT2D eigenvalue weighted by atomic mass is 10.0. The van der Waals surface area contributed by atoms with Gasteiger partial charge in [0.2, 0.25) is 0 Å². The molecule has 8 heteroatoms. The zero-order chi connectivity index (χ0) is 19.0. The third kappa shape index (κ3) is 3.72. The van der Waals surface area contributed by atoms with Crippen molar-refractivity contribution in [3.63, 3.8) is 0 Å². The first-order valence-corrected chi connectivity index (χ1v) is 10.7. The molecule has 2 fully saturated rings. The highest BCUT2D eigenvalue weighted by Crippen LogP contribution is 2.29. The topological polar surface area (TPSA) is 70.6 Å². The van der Waals surface area contributed by atoms with E-state index >= 15 is 0 Å². The summed E-state index contributed by atoms with van der Waals surface area (Å²) in [4.78, 5) is 20.7. The number of halogens is 1. The van der Waals surface area contributed by atoms with E-state index in [-0.39, 0.29) is 29.3 Å². The molecule has 0 saturated carbocycles. The van der Waals surface area contributed by atoms with Crippen molar-refractivity contribution in [3.05, 3.63) is 65.7 Å². The van der Waals surface area contributed by atoms with Gasteiger partial charge in [0.25, 0.3) is 5.91 Å². The monoisotopic (exact) mass is 389 g/mol. The number of sulfone groups is 1. The Labute approximate surface area is 157 Å². The molecule has 2 aliphatic heterocycles. The Morgan fingerprint density at radius 1 is 1.11 bits per heavy atom. The summed E-state index contributed by atoms with van der Waals surface area (Å²) in [6, 6.07) is 10.7. The second-order valence-electron chi connectivity index (χ2n) is 7.03. The molecule has 0 N–H and O–H groups in total. The fourth-order valence-electron chi connectivity index (χ4n) is 3.98. The lowest BCUT2D eigenvalue weighted by molar-refractivity contribution is 0.0301. The van der Waals surface area contributed by atoms with Crippen molar-refractivity contribution in [1.29, 1.82) is 0 Å². The van der Waals surface area contributed by atoms with E-state index in [9.17, 15) is 17.6 Å². The Hall–Kier alpha value is -2.32. The Kier molecular flexibility index (Phi) is 4.69. The van der Waals surface area contributed by atoms with Gasteiger partial charge in [-0.05, 0) is 29.8 Å². The molecule has 3 heterocycles. The first-order chi connectivity index (χ1) is 12.9. The predicted molar refractivity (Wildman–Crippen MR) is 98.3 cm³/mol. The summed E-state index contributed by atoms with van der Waals surface area (Å²) in [6.07, 6.45) is 1.55. The van der Waals surface area contributed by atoms with Crippen LogP contribution in [0.15, 0.2) is 48.7 Å². The van der Waals surface area contributed by atoms with Gasteiger partial charge in [0.1, 0.15) is 11.5 Å². The SMILES string of the molecule is O=C(c1ccccn1)N1CCN(Cc2cccc(F)c2)[C@H]2CS(=O)(=O)C[C@H]21. The summed E-state index contributed by atoms with van der Waals surface area (Å²) in [5.41, 5.74) is 1.11. The number of carbonyl (C=O) groups is 1. The molecule has 2 aromatic rings. The van der Waals surface area contributed by atoms with Gasteiger partial charge in [-0.1, -0.05) is 18.2 Å². The molecular weight excluding hydrogens is 369 g/mol. The maximum Gasteiger partial charge on any atom is 0.272 e. The maximum absolute atomic E-state index is 13.5. The van der Waals surface area contributed by atoms with Crippen LogP contribution in [0.3, 0.4) is 0 Å². The standard InChI is InChI=1S/C19H20FN3O3S/c20-15-5-3-4-14(10-15)11-22-8-9-23(18-13-27(25,26)12-17(18)22)19(24)16-6-1-2-7-21-16/h1-7,10,17-18H,8-9,11-13H2/t17-,18+/m0/s1. The molecule has 0 unspecified atom stereocenters. The second kappa shape index (κ2) is 7.01. The van der Waals surface area contributed by atoms with Crippen LogP contribution in [0.4, 0.5) is 4.39 Å². The number of benzene rings is 1. The van der Waals surface area contributed by atoms with Crippen LogP contribution in [0.2, 0.25) is 0 Å². The van der Waals surface area contributed by atoms with Crippen LogP contribution in [-0.4, -0.2) is 65.8 Å². The lowest BCUT2D eigenvalue weighted by Gasteiger charge is -2.43. The van der Waals surface area contributed by atoms with Crippen molar-refractivity contribution in [2.45, 2.75) is 18.6 Å². The highest BCUT2D eigenvalue weighted by molar-refractivity contribution is 7.91. The first-order valence-electron chi connectivity index (χ1n) is 8.84. The first kappa shape index (κ1) is 18.1. The van der Waals surface area contributed by atoms with Gasteiger partial charge in [0.05, 0.1) is 17.5 Å². The van der Waals surface area contributed by atoms with E-state index in [4.69, 9.17) is 0 Å². The Morgan fingerprint density at radius 2 is 1.93 bits per heavy atom. The lowest BCUT2D eigenvalue weighted by Crippen LogP contribution is -2.60. The second-order valence-corrected chi connectivity index (χ2v) is 9.18. The van der Waals surface area contributed by atoms with Crippen LogP contribution >= 0.6 is 0 Å². The van der Waals surface area contributed by atoms with E-state index in [0.717, 1.165) is 5.56 Å². The zero-order valence-electron chi connectivity index (χ0n) is 14.7. The van der Waals surface area contributed by atoms with Gasteiger partial charge in [-0.25, -0.2) is 12.8 Å². The van der Waals surface area contributed by atoms with Gasteiger partial charge in [0.15, 0.2) is 9.84 Å². The minimum Gasteiger partial charge on any atom is -0.330 e. The van der Waals surface area contributed by atoms with E-state index < -0.39 is 15.9 Å². The van der Waals surface area contributed by atoms with Crippen LogP contribution in [0.1, 0.15) is 16.1 Å². The summed E-state index contributed by atoms with van der Waals surface area (Å²) in [6.45, 7) is 1.41. The highest BCUT2D eigenvalue weighted by Gasteiger charge is 2.48. The van der Waals surface area contributed by atoms with Gasteiger partial charge in [-0.3, -0.25) is 14.7 Å². The van der Waals surface area contributed by atoms with Crippen molar-refractivity contribution in [2.75, 3.05) is 24.6 Å². The number of rotatable bonds is 3. The van der Waals surface area contributed by atoms with Gasteiger partial charge in [-0.2, -0.15) is 0 Å². The van der Waals surface area contributed by atoms with Crippen molar-refractivity contribution in [1.82, 2.24) is 14.8 Å². The number of pyridine rings is 1. The fraction of sp³-hybridized carbons (Fsp3) is 0.368. The molecule has 142 valence electrons. The van der Waals surface area contributed by atoms with E-state index in [0.29, 0.717) is 25.3 Å². The average molecular weight is 389 g/mol. The summed E-state index contributed by atoms with van der Waals surface area (Å²) >= 11 is 0. The molecule has 1 aromatic heterocycles. The number of piperazine rings is 1. The smallest absolute Gasteiger partial charge is 0.272 e. The van der Waals surface area contributed by atoms with Gasteiger partial charge in [0, 0.05) is 31.9 Å². The Morgan fingerprint density at radius 3 is 2.67 bits per heavy atom. The van der Waals surface area contributed by atoms with Crippen molar-refractivity contribution < 1.29 is 17.6 Å². The number of nitrogens with zero attached hydrogens (tertiary/aromatic N) is 3. The summed E-state index contributed by atoms with van der Waals surface area (Å²) < 4.78 is 38.1. The molecule has 2 atom stereocenters. The van der Waals surface area contributed by atoms with E-state index in [1.54, 1.807) is 35.4 Å². The average Bonchev–Trinajstić information content (AvgIpc) is 2.98. The van der Waals surface area contributed by atoms with Gasteiger partial charge in [-0.15, -0.1) is 0 Å². The summed E-state index contributed by atoms with van der Waals surface area (Å²) in [5.74, 6) is -0.588. The molecular formula is C19H20FN3O3S. The molecule has 4 rings (SSSR count). The van der Waals surface area contributed by atoms with Crippen molar-refractivity contribution in [3.8, 4) is 0 Å². The summed E-state index contributed by atoms with van der Waals surface area (Å²) in [5, 5.41) is 0. The number of amides is 1. The molecule has 0 radical (unpaired) electrons. The number of fused-ring (bicyclic) bond motifs is 1. The fourth-order valence-corrected chi connectivity index (χ4v) is 5.99. The Balaban J connectivity index is 1.59. The van der Waals surface area contributed by atoms with Crippen LogP contribution in [0.25, 0.3) is 0 Å². The van der Waals surface area contributed by atoms with Crippen LogP contribution in [0.5, 0.6) is 0 Å². The number of hydrogen-bond acceptors (Lipinski definition) is 5. The van der Waals surface area contributed by atoms with E-state index in [1.807, 2.05) is 11.0 Å². The highest BCUT2D eigenvalue weighted by atomic mass is 32.2. The van der Waals surface area contributed by atoms with Crippen LogP contribution < -0.4 is 0 Å². The molecule has 1 amide bonds.